The zero-order valence-corrected chi connectivity index (χ0v) is 21.6. The van der Waals surface area contributed by atoms with Crippen molar-refractivity contribution in [2.75, 3.05) is 13.1 Å². The number of nitrogens with zero attached hydrogens (tertiary/aromatic N) is 5. The quantitative estimate of drug-likeness (QED) is 0.256. The molecule has 1 saturated heterocycles. The van der Waals surface area contributed by atoms with Crippen LogP contribution in [0.1, 0.15) is 16.9 Å². The zero-order valence-electron chi connectivity index (χ0n) is 20.8. The van der Waals surface area contributed by atoms with Gasteiger partial charge < -0.3 is 4.98 Å². The van der Waals surface area contributed by atoms with Crippen LogP contribution in [0, 0.1) is 12.7 Å². The molecule has 0 atom stereocenters. The number of pyridine rings is 2. The van der Waals surface area contributed by atoms with E-state index in [0.29, 0.717) is 41.3 Å². The summed E-state index contributed by atoms with van der Waals surface area (Å²) >= 11 is 1.69. The Bertz CT molecular complexity index is 1850. The number of halogens is 3. The van der Waals surface area contributed by atoms with Crippen LogP contribution in [0.25, 0.3) is 55.2 Å². The minimum absolute atomic E-state index is 0.108. The van der Waals surface area contributed by atoms with Gasteiger partial charge in [-0.3, -0.25) is 20.0 Å². The Balaban J connectivity index is 1.28. The smallest absolute Gasteiger partial charge is 0.261 e. The second kappa shape index (κ2) is 8.99. The molecule has 196 valence electrons. The van der Waals surface area contributed by atoms with Gasteiger partial charge in [-0.25, -0.2) is 18.2 Å². The molecule has 0 bridgehead atoms. The van der Waals surface area contributed by atoms with E-state index in [1.165, 1.54) is 17.3 Å². The van der Waals surface area contributed by atoms with Crippen molar-refractivity contribution < 1.29 is 13.2 Å². The normalized spacial score (nSPS) is 15.6. The zero-order chi connectivity index (χ0) is 26.7. The van der Waals surface area contributed by atoms with E-state index >= 15 is 4.39 Å². The number of rotatable bonds is 5. The molecule has 1 fully saturated rings. The topological polar surface area (TPSA) is 86.4 Å². The third kappa shape index (κ3) is 4.27. The molecule has 39 heavy (non-hydrogen) atoms. The lowest BCUT2D eigenvalue weighted by molar-refractivity contribution is 0.0115. The number of benzene rings is 1. The predicted molar refractivity (Wildman–Crippen MR) is 145 cm³/mol. The lowest BCUT2D eigenvalue weighted by Crippen LogP contribution is -2.24. The molecular formula is C28H22F3N7S. The van der Waals surface area contributed by atoms with E-state index in [9.17, 15) is 8.78 Å². The lowest BCUT2D eigenvalue weighted by atomic mass is 10.1. The number of likely N-dealkylation sites (tertiary alicyclic amines) is 1. The summed E-state index contributed by atoms with van der Waals surface area (Å²) in [6, 6.07) is 11.8. The van der Waals surface area contributed by atoms with Crippen LogP contribution in [0.15, 0.2) is 55.0 Å². The Kier molecular flexibility index (Phi) is 5.53. The molecule has 1 aromatic carbocycles. The first-order valence-electron chi connectivity index (χ1n) is 12.5. The molecule has 1 aliphatic heterocycles. The highest BCUT2D eigenvalue weighted by atomic mass is 32.1. The van der Waals surface area contributed by atoms with Gasteiger partial charge in [0.15, 0.2) is 11.6 Å². The number of hydrogen-bond donors (Lipinski definition) is 2. The highest BCUT2D eigenvalue weighted by molar-refractivity contribution is 7.15. The number of nitrogens with one attached hydrogen (secondary N) is 2. The molecule has 0 saturated carbocycles. The highest BCUT2D eigenvalue weighted by Gasteiger charge is 2.38. The third-order valence-electron chi connectivity index (χ3n) is 7.01. The number of H-pyrrole nitrogens is 2. The summed E-state index contributed by atoms with van der Waals surface area (Å²) in [4.78, 5) is 20.7. The summed E-state index contributed by atoms with van der Waals surface area (Å²) in [6.45, 7) is 2.38. The van der Waals surface area contributed by atoms with Crippen LogP contribution in [-0.2, 0) is 6.54 Å². The van der Waals surface area contributed by atoms with E-state index in [2.05, 4.69) is 44.2 Å². The minimum atomic E-state index is -2.68. The van der Waals surface area contributed by atoms with Crippen LogP contribution in [0.3, 0.4) is 0 Å². The maximum absolute atomic E-state index is 16.1. The second-order valence-corrected chi connectivity index (χ2v) is 11.2. The molecule has 0 aliphatic carbocycles. The van der Waals surface area contributed by atoms with Crippen LogP contribution in [0.4, 0.5) is 13.2 Å². The van der Waals surface area contributed by atoms with Crippen molar-refractivity contribution in [1.29, 1.82) is 0 Å². The van der Waals surface area contributed by atoms with Crippen molar-refractivity contribution in [3.8, 4) is 33.2 Å². The average molecular weight is 546 g/mol. The standard InChI is InChI=1S/C28H22F3N7S/c1-15-5-6-21(39-15)18-3-2-4-19-25(18)35-27(34-19)26-22-20(36-37-26)12-33-24(23(22)29)17-9-16(10-32-11-17)13-38-8-7-28(30,31)14-38/h2-6,9-12H,7-8,13-14H2,1H3,(H,34,35)(H,36,37). The van der Waals surface area contributed by atoms with Crippen molar-refractivity contribution in [2.45, 2.75) is 25.8 Å². The van der Waals surface area contributed by atoms with E-state index in [-0.39, 0.29) is 24.0 Å². The van der Waals surface area contributed by atoms with E-state index in [4.69, 9.17) is 4.98 Å². The molecule has 0 amide bonds. The van der Waals surface area contributed by atoms with Gasteiger partial charge in [0.25, 0.3) is 5.92 Å². The van der Waals surface area contributed by atoms with Crippen LogP contribution < -0.4 is 0 Å². The maximum Gasteiger partial charge on any atom is 0.261 e. The Morgan fingerprint density at radius 3 is 2.77 bits per heavy atom. The third-order valence-corrected chi connectivity index (χ3v) is 8.04. The molecule has 6 aromatic rings. The number of thiophene rings is 1. The molecule has 0 unspecified atom stereocenters. The Hall–Kier alpha value is -4.09. The Labute approximate surface area is 224 Å². The molecule has 7 rings (SSSR count). The van der Waals surface area contributed by atoms with Crippen molar-refractivity contribution in [3.63, 3.8) is 0 Å². The number of para-hydroxylation sites is 1. The van der Waals surface area contributed by atoms with E-state index in [1.54, 1.807) is 28.5 Å². The summed E-state index contributed by atoms with van der Waals surface area (Å²) in [5.41, 5.74) is 4.67. The first-order valence-corrected chi connectivity index (χ1v) is 13.3. The largest absolute Gasteiger partial charge is 0.337 e. The van der Waals surface area contributed by atoms with Crippen LogP contribution in [-0.4, -0.2) is 54.0 Å². The van der Waals surface area contributed by atoms with Gasteiger partial charge in [0.05, 0.1) is 34.7 Å². The van der Waals surface area contributed by atoms with E-state index in [1.807, 2.05) is 18.2 Å². The SMILES string of the molecule is Cc1ccc(-c2cccc3[nH]c(-c4n[nH]c5cnc(-c6cncc(CN7CCC(F)(F)C7)c6)c(F)c45)nc23)s1. The molecule has 5 aromatic heterocycles. The van der Waals surface area contributed by atoms with Crippen molar-refractivity contribution >= 4 is 33.3 Å². The number of aromatic amines is 2. The van der Waals surface area contributed by atoms with Crippen molar-refractivity contribution in [2.24, 2.45) is 0 Å². The first-order chi connectivity index (χ1) is 18.8. The van der Waals surface area contributed by atoms with E-state index in [0.717, 1.165) is 21.5 Å². The molecular weight excluding hydrogens is 523 g/mol. The van der Waals surface area contributed by atoms with Gasteiger partial charge in [0.1, 0.15) is 11.4 Å². The van der Waals surface area contributed by atoms with Gasteiger partial charge in [0.2, 0.25) is 0 Å². The molecule has 7 nitrogen and oxygen atoms in total. The Morgan fingerprint density at radius 2 is 1.97 bits per heavy atom. The van der Waals surface area contributed by atoms with Crippen molar-refractivity contribution in [1.82, 2.24) is 35.0 Å². The summed E-state index contributed by atoms with van der Waals surface area (Å²) < 4.78 is 43.3. The fraction of sp³-hybridized carbons (Fsp3) is 0.214. The summed E-state index contributed by atoms with van der Waals surface area (Å²) in [6.07, 6.45) is 4.50. The summed E-state index contributed by atoms with van der Waals surface area (Å²) in [7, 11) is 0. The van der Waals surface area contributed by atoms with Crippen LogP contribution >= 0.6 is 11.3 Å². The van der Waals surface area contributed by atoms with Crippen LogP contribution in [0.2, 0.25) is 0 Å². The van der Waals surface area contributed by atoms with Gasteiger partial charge in [0, 0.05) is 52.8 Å². The Morgan fingerprint density at radius 1 is 1.08 bits per heavy atom. The monoisotopic (exact) mass is 545 g/mol. The van der Waals surface area contributed by atoms with Gasteiger partial charge in [-0.05, 0) is 36.8 Å². The van der Waals surface area contributed by atoms with Crippen molar-refractivity contribution in [3.05, 3.63) is 71.2 Å². The van der Waals surface area contributed by atoms with Gasteiger partial charge in [-0.2, -0.15) is 5.10 Å². The molecule has 2 N–H and O–H groups in total. The lowest BCUT2D eigenvalue weighted by Gasteiger charge is -2.15. The van der Waals surface area contributed by atoms with E-state index < -0.39 is 11.7 Å². The number of imidazole rings is 1. The first kappa shape index (κ1) is 24.0. The molecule has 1 aliphatic rings. The maximum atomic E-state index is 16.1. The fourth-order valence-corrected chi connectivity index (χ4v) is 6.07. The highest BCUT2D eigenvalue weighted by Crippen LogP contribution is 2.36. The fourth-order valence-electron chi connectivity index (χ4n) is 5.17. The average Bonchev–Trinajstić information content (AvgIpc) is 3.70. The number of aromatic nitrogens is 6. The molecule has 6 heterocycles. The molecule has 0 spiro atoms. The second-order valence-electron chi connectivity index (χ2n) is 9.88. The van der Waals surface area contributed by atoms with Crippen LogP contribution in [0.5, 0.6) is 0 Å². The van der Waals surface area contributed by atoms with Gasteiger partial charge >= 0.3 is 0 Å². The number of alkyl halides is 2. The number of hydrogen-bond acceptors (Lipinski definition) is 6. The number of fused-ring (bicyclic) bond motifs is 2. The minimum Gasteiger partial charge on any atom is -0.337 e. The summed E-state index contributed by atoms with van der Waals surface area (Å²) in [5, 5.41) is 7.50. The van der Waals surface area contributed by atoms with Gasteiger partial charge in [-0.15, -0.1) is 11.3 Å². The molecule has 0 radical (unpaired) electrons. The molecule has 11 heteroatoms. The number of aryl methyl sites for hydroxylation is 1. The predicted octanol–water partition coefficient (Wildman–Crippen LogP) is 6.58. The van der Waals surface area contributed by atoms with Gasteiger partial charge in [-0.1, -0.05) is 12.1 Å². The summed E-state index contributed by atoms with van der Waals surface area (Å²) in [5.74, 6) is -2.80.